The summed E-state index contributed by atoms with van der Waals surface area (Å²) >= 11 is 9.55. The first-order valence-electron chi connectivity index (χ1n) is 5.65. The molecule has 1 unspecified atom stereocenters. The largest absolute Gasteiger partial charge is 0.396 e. The molecule has 0 aliphatic rings. The molecule has 0 saturated heterocycles. The van der Waals surface area contributed by atoms with Crippen LogP contribution in [0.1, 0.15) is 17.0 Å². The van der Waals surface area contributed by atoms with Gasteiger partial charge in [-0.2, -0.15) is 0 Å². The van der Waals surface area contributed by atoms with Gasteiger partial charge in [0, 0.05) is 27.8 Å². The van der Waals surface area contributed by atoms with Gasteiger partial charge in [-0.25, -0.2) is 0 Å². The van der Waals surface area contributed by atoms with E-state index in [1.54, 1.807) is 6.20 Å². The van der Waals surface area contributed by atoms with Crippen LogP contribution in [0, 0.1) is 0 Å². The van der Waals surface area contributed by atoms with Gasteiger partial charge >= 0.3 is 0 Å². The SMILES string of the molecule is OCC(Cc1cncc(Br)c1)c1ccccc1Cl. The van der Waals surface area contributed by atoms with Crippen LogP contribution in [0.5, 0.6) is 0 Å². The van der Waals surface area contributed by atoms with Gasteiger partial charge in [-0.3, -0.25) is 4.98 Å². The quantitative estimate of drug-likeness (QED) is 0.926. The molecule has 2 nitrogen and oxygen atoms in total. The minimum atomic E-state index is -0.00481. The smallest absolute Gasteiger partial charge is 0.0503 e. The number of rotatable bonds is 4. The average molecular weight is 327 g/mol. The van der Waals surface area contributed by atoms with Crippen LogP contribution in [0.15, 0.2) is 47.2 Å². The van der Waals surface area contributed by atoms with Gasteiger partial charge < -0.3 is 5.11 Å². The van der Waals surface area contributed by atoms with E-state index < -0.39 is 0 Å². The second-order valence-electron chi connectivity index (χ2n) is 4.12. The highest BCUT2D eigenvalue weighted by Gasteiger charge is 2.14. The Labute approximate surface area is 120 Å². The van der Waals surface area contributed by atoms with Crippen LogP contribution in [0.2, 0.25) is 5.02 Å². The summed E-state index contributed by atoms with van der Waals surface area (Å²) in [5.41, 5.74) is 2.05. The zero-order valence-corrected chi connectivity index (χ0v) is 12.0. The van der Waals surface area contributed by atoms with Crippen LogP contribution < -0.4 is 0 Å². The number of aliphatic hydroxyl groups is 1. The zero-order valence-electron chi connectivity index (χ0n) is 9.68. The first-order chi connectivity index (χ1) is 8.70. The Bertz CT molecular complexity index is 533. The first kappa shape index (κ1) is 13.5. The lowest BCUT2D eigenvalue weighted by molar-refractivity contribution is 0.264. The van der Waals surface area contributed by atoms with Crippen molar-refractivity contribution in [1.29, 1.82) is 0 Å². The van der Waals surface area contributed by atoms with Crippen molar-refractivity contribution in [3.63, 3.8) is 0 Å². The Kier molecular flexibility index (Phi) is 4.75. The summed E-state index contributed by atoms with van der Waals surface area (Å²) in [5, 5.41) is 10.2. The third kappa shape index (κ3) is 3.31. The van der Waals surface area contributed by atoms with Crippen LogP contribution in [0.25, 0.3) is 0 Å². The lowest BCUT2D eigenvalue weighted by atomic mass is 9.93. The maximum Gasteiger partial charge on any atom is 0.0503 e. The van der Waals surface area contributed by atoms with Crippen molar-refractivity contribution in [1.82, 2.24) is 4.98 Å². The van der Waals surface area contributed by atoms with Crippen molar-refractivity contribution in [3.05, 3.63) is 63.3 Å². The van der Waals surface area contributed by atoms with Crippen molar-refractivity contribution in [2.45, 2.75) is 12.3 Å². The Morgan fingerprint density at radius 1 is 1.28 bits per heavy atom. The number of nitrogens with zero attached hydrogens (tertiary/aromatic N) is 1. The molecule has 0 saturated carbocycles. The van der Waals surface area contributed by atoms with Crippen molar-refractivity contribution in [3.8, 4) is 0 Å². The molecule has 2 rings (SSSR count). The highest BCUT2D eigenvalue weighted by molar-refractivity contribution is 9.10. The van der Waals surface area contributed by atoms with E-state index in [9.17, 15) is 5.11 Å². The van der Waals surface area contributed by atoms with Crippen LogP contribution in [-0.4, -0.2) is 16.7 Å². The van der Waals surface area contributed by atoms with Crippen LogP contribution >= 0.6 is 27.5 Å². The molecule has 1 atom stereocenters. The Hall–Kier alpha value is -0.900. The zero-order chi connectivity index (χ0) is 13.0. The van der Waals surface area contributed by atoms with Crippen LogP contribution in [-0.2, 0) is 6.42 Å². The molecule has 0 aliphatic carbocycles. The number of benzene rings is 1. The predicted molar refractivity (Wildman–Crippen MR) is 76.9 cm³/mol. The molecule has 0 radical (unpaired) electrons. The summed E-state index contributed by atoms with van der Waals surface area (Å²) in [6.07, 6.45) is 4.27. The van der Waals surface area contributed by atoms with Gasteiger partial charge in [-0.1, -0.05) is 29.8 Å². The first-order valence-corrected chi connectivity index (χ1v) is 6.82. The Balaban J connectivity index is 2.23. The second kappa shape index (κ2) is 6.32. The summed E-state index contributed by atoms with van der Waals surface area (Å²) in [5.74, 6) is -0.00481. The summed E-state index contributed by atoms with van der Waals surface area (Å²) in [7, 11) is 0. The van der Waals surface area contributed by atoms with Gasteiger partial charge in [0.2, 0.25) is 0 Å². The normalized spacial score (nSPS) is 12.4. The fourth-order valence-electron chi connectivity index (χ4n) is 1.93. The molecule has 1 N–H and O–H groups in total. The molecule has 94 valence electrons. The second-order valence-corrected chi connectivity index (χ2v) is 5.44. The fourth-order valence-corrected chi connectivity index (χ4v) is 2.63. The van der Waals surface area contributed by atoms with E-state index in [-0.39, 0.29) is 12.5 Å². The topological polar surface area (TPSA) is 33.1 Å². The molecule has 2 aromatic rings. The third-order valence-electron chi connectivity index (χ3n) is 2.81. The van der Waals surface area contributed by atoms with E-state index in [2.05, 4.69) is 20.9 Å². The monoisotopic (exact) mass is 325 g/mol. The summed E-state index contributed by atoms with van der Waals surface area (Å²) in [6.45, 7) is 0.0657. The van der Waals surface area contributed by atoms with Gasteiger partial charge in [0.05, 0.1) is 6.61 Å². The van der Waals surface area contributed by atoms with Crippen molar-refractivity contribution in [2.75, 3.05) is 6.61 Å². The van der Waals surface area contributed by atoms with Crippen molar-refractivity contribution < 1.29 is 5.11 Å². The molecule has 18 heavy (non-hydrogen) atoms. The number of halogens is 2. The van der Waals surface area contributed by atoms with Gasteiger partial charge in [0.25, 0.3) is 0 Å². The molecule has 4 heteroatoms. The molecule has 0 amide bonds. The van der Waals surface area contributed by atoms with Gasteiger partial charge in [0.1, 0.15) is 0 Å². The Morgan fingerprint density at radius 3 is 2.72 bits per heavy atom. The van der Waals surface area contributed by atoms with E-state index in [1.165, 1.54) is 0 Å². The molecule has 1 aromatic carbocycles. The lowest BCUT2D eigenvalue weighted by Gasteiger charge is -2.16. The number of hydrogen-bond donors (Lipinski definition) is 1. The lowest BCUT2D eigenvalue weighted by Crippen LogP contribution is -2.08. The highest BCUT2D eigenvalue weighted by Crippen LogP contribution is 2.27. The number of pyridine rings is 1. The number of aliphatic hydroxyl groups excluding tert-OH is 1. The summed E-state index contributed by atoms with van der Waals surface area (Å²) < 4.78 is 0.941. The van der Waals surface area contributed by atoms with Gasteiger partial charge in [-0.15, -0.1) is 0 Å². The molecule has 0 aliphatic heterocycles. The van der Waals surface area contributed by atoms with Crippen LogP contribution in [0.3, 0.4) is 0 Å². The van der Waals surface area contributed by atoms with E-state index in [0.717, 1.165) is 15.6 Å². The minimum absolute atomic E-state index is 0.00481. The predicted octanol–water partition coefficient (Wildman–Crippen LogP) is 3.82. The minimum Gasteiger partial charge on any atom is -0.396 e. The standard InChI is InChI=1S/C14H13BrClNO/c15-12-6-10(7-17-8-12)5-11(9-18)13-3-1-2-4-14(13)16/h1-4,6-8,11,18H,5,9H2. The third-order valence-corrected chi connectivity index (χ3v) is 3.59. The molecule has 1 heterocycles. The average Bonchev–Trinajstić information content (AvgIpc) is 2.37. The number of hydrogen-bond acceptors (Lipinski definition) is 2. The van der Waals surface area contributed by atoms with Crippen molar-refractivity contribution >= 4 is 27.5 Å². The fraction of sp³-hybridized carbons (Fsp3) is 0.214. The molecular formula is C14H13BrClNO. The van der Waals surface area contributed by atoms with E-state index >= 15 is 0 Å². The summed E-state index contributed by atoms with van der Waals surface area (Å²) in [6, 6.07) is 9.63. The van der Waals surface area contributed by atoms with E-state index in [4.69, 9.17) is 11.6 Å². The molecule has 0 spiro atoms. The maximum absolute atomic E-state index is 9.54. The summed E-state index contributed by atoms with van der Waals surface area (Å²) in [4.78, 5) is 4.13. The van der Waals surface area contributed by atoms with E-state index in [1.807, 2.05) is 36.5 Å². The maximum atomic E-state index is 9.54. The molecule has 1 aromatic heterocycles. The van der Waals surface area contributed by atoms with Crippen LogP contribution in [0.4, 0.5) is 0 Å². The van der Waals surface area contributed by atoms with E-state index in [0.29, 0.717) is 11.4 Å². The molecular weight excluding hydrogens is 314 g/mol. The molecule has 0 bridgehead atoms. The van der Waals surface area contributed by atoms with Crippen molar-refractivity contribution in [2.24, 2.45) is 0 Å². The Morgan fingerprint density at radius 2 is 2.06 bits per heavy atom. The number of aromatic nitrogens is 1. The van der Waals surface area contributed by atoms with Gasteiger partial charge in [-0.05, 0) is 45.6 Å². The molecule has 0 fully saturated rings. The highest BCUT2D eigenvalue weighted by atomic mass is 79.9. The van der Waals surface area contributed by atoms with Gasteiger partial charge in [0.15, 0.2) is 0 Å².